The van der Waals surface area contributed by atoms with Gasteiger partial charge in [-0.3, -0.25) is 4.79 Å². The topological polar surface area (TPSA) is 23.6 Å². The molecule has 1 saturated heterocycles. The van der Waals surface area contributed by atoms with Crippen LogP contribution in [0.3, 0.4) is 0 Å². The molecule has 1 aliphatic rings. The Bertz CT molecular complexity index is 505. The average molecular weight is 284 g/mol. The maximum absolute atomic E-state index is 12.7. The van der Waals surface area contributed by atoms with Gasteiger partial charge in [0.1, 0.15) is 0 Å². The SMILES string of the molecule is C=CC(=O)N1CCN(c2cccc(C(F)(F)F)c2)CC1. The Morgan fingerprint density at radius 1 is 1.20 bits per heavy atom. The first-order chi connectivity index (χ1) is 9.41. The van der Waals surface area contributed by atoms with Crippen molar-refractivity contribution in [1.29, 1.82) is 0 Å². The van der Waals surface area contributed by atoms with E-state index in [1.807, 2.05) is 4.90 Å². The van der Waals surface area contributed by atoms with Crippen LogP contribution in [-0.2, 0) is 11.0 Å². The fraction of sp³-hybridized carbons (Fsp3) is 0.357. The average Bonchev–Trinajstić information content (AvgIpc) is 2.46. The van der Waals surface area contributed by atoms with Gasteiger partial charge in [0.15, 0.2) is 0 Å². The fourth-order valence-electron chi connectivity index (χ4n) is 2.19. The van der Waals surface area contributed by atoms with E-state index in [0.29, 0.717) is 31.9 Å². The van der Waals surface area contributed by atoms with Gasteiger partial charge in [0.05, 0.1) is 5.56 Å². The lowest BCUT2D eigenvalue weighted by Gasteiger charge is -2.35. The minimum absolute atomic E-state index is 0.145. The molecule has 1 aliphatic heterocycles. The van der Waals surface area contributed by atoms with E-state index in [-0.39, 0.29) is 5.91 Å². The second kappa shape index (κ2) is 5.56. The molecule has 1 aromatic rings. The number of benzene rings is 1. The van der Waals surface area contributed by atoms with E-state index in [4.69, 9.17) is 0 Å². The summed E-state index contributed by atoms with van der Waals surface area (Å²) in [5.74, 6) is -0.145. The number of halogens is 3. The highest BCUT2D eigenvalue weighted by atomic mass is 19.4. The summed E-state index contributed by atoms with van der Waals surface area (Å²) in [5, 5.41) is 0. The summed E-state index contributed by atoms with van der Waals surface area (Å²) >= 11 is 0. The Morgan fingerprint density at radius 3 is 2.40 bits per heavy atom. The molecule has 1 heterocycles. The predicted molar refractivity (Wildman–Crippen MR) is 70.4 cm³/mol. The molecule has 0 N–H and O–H groups in total. The molecule has 0 aromatic heterocycles. The van der Waals surface area contributed by atoms with E-state index in [1.54, 1.807) is 11.0 Å². The van der Waals surface area contributed by atoms with Crippen molar-refractivity contribution in [3.63, 3.8) is 0 Å². The second-order valence-corrected chi connectivity index (χ2v) is 4.56. The number of hydrogen-bond acceptors (Lipinski definition) is 2. The summed E-state index contributed by atoms with van der Waals surface area (Å²) in [6, 6.07) is 5.26. The van der Waals surface area contributed by atoms with Crippen LogP contribution in [-0.4, -0.2) is 37.0 Å². The van der Waals surface area contributed by atoms with E-state index in [2.05, 4.69) is 6.58 Å². The number of piperazine rings is 1. The Hall–Kier alpha value is -1.98. The minimum Gasteiger partial charge on any atom is -0.368 e. The molecule has 0 atom stereocenters. The Balaban J connectivity index is 2.07. The standard InChI is InChI=1S/C14H15F3N2O/c1-2-13(20)19-8-6-18(7-9-19)12-5-3-4-11(10-12)14(15,16)17/h2-5,10H,1,6-9H2. The van der Waals surface area contributed by atoms with Crippen LogP contribution in [0.2, 0.25) is 0 Å². The van der Waals surface area contributed by atoms with Crippen LogP contribution >= 0.6 is 0 Å². The van der Waals surface area contributed by atoms with Crippen molar-refractivity contribution < 1.29 is 18.0 Å². The van der Waals surface area contributed by atoms with Crippen molar-refractivity contribution in [3.8, 4) is 0 Å². The maximum Gasteiger partial charge on any atom is 0.416 e. The molecule has 1 aromatic carbocycles. The van der Waals surface area contributed by atoms with Gasteiger partial charge in [-0.15, -0.1) is 0 Å². The highest BCUT2D eigenvalue weighted by Crippen LogP contribution is 2.31. The smallest absolute Gasteiger partial charge is 0.368 e. The molecule has 0 radical (unpaired) electrons. The zero-order valence-electron chi connectivity index (χ0n) is 10.9. The number of alkyl halides is 3. The lowest BCUT2D eigenvalue weighted by molar-refractivity contribution is -0.137. The van der Waals surface area contributed by atoms with Crippen LogP contribution in [0.4, 0.5) is 18.9 Å². The van der Waals surface area contributed by atoms with E-state index in [0.717, 1.165) is 12.1 Å². The number of anilines is 1. The van der Waals surface area contributed by atoms with Crippen LogP contribution < -0.4 is 4.90 Å². The molecular formula is C14H15F3N2O. The molecule has 0 spiro atoms. The van der Waals surface area contributed by atoms with E-state index in [1.165, 1.54) is 12.1 Å². The van der Waals surface area contributed by atoms with Crippen LogP contribution in [0.5, 0.6) is 0 Å². The van der Waals surface area contributed by atoms with Crippen molar-refractivity contribution in [2.75, 3.05) is 31.1 Å². The van der Waals surface area contributed by atoms with Gasteiger partial charge in [-0.1, -0.05) is 12.6 Å². The molecule has 1 fully saturated rings. The monoisotopic (exact) mass is 284 g/mol. The number of rotatable bonds is 2. The van der Waals surface area contributed by atoms with Gasteiger partial charge in [-0.05, 0) is 24.3 Å². The zero-order valence-corrected chi connectivity index (χ0v) is 10.9. The van der Waals surface area contributed by atoms with Crippen LogP contribution in [0.15, 0.2) is 36.9 Å². The summed E-state index contributed by atoms with van der Waals surface area (Å²) in [5.41, 5.74) is -0.120. The van der Waals surface area contributed by atoms with E-state index in [9.17, 15) is 18.0 Å². The Morgan fingerprint density at radius 2 is 1.85 bits per heavy atom. The molecular weight excluding hydrogens is 269 g/mol. The van der Waals surface area contributed by atoms with Gasteiger partial charge >= 0.3 is 6.18 Å². The van der Waals surface area contributed by atoms with Gasteiger partial charge in [-0.2, -0.15) is 13.2 Å². The summed E-state index contributed by atoms with van der Waals surface area (Å²) in [6.45, 7) is 5.43. The third-order valence-corrected chi connectivity index (χ3v) is 3.30. The first-order valence-corrected chi connectivity index (χ1v) is 6.25. The van der Waals surface area contributed by atoms with Crippen molar-refractivity contribution >= 4 is 11.6 Å². The van der Waals surface area contributed by atoms with Crippen molar-refractivity contribution in [1.82, 2.24) is 4.90 Å². The maximum atomic E-state index is 12.7. The quantitative estimate of drug-likeness (QED) is 0.779. The molecule has 2 rings (SSSR count). The van der Waals surface area contributed by atoms with E-state index < -0.39 is 11.7 Å². The predicted octanol–water partition coefficient (Wildman–Crippen LogP) is 2.54. The number of carbonyl (C=O) groups excluding carboxylic acids is 1. The van der Waals surface area contributed by atoms with E-state index >= 15 is 0 Å². The molecule has 6 heteroatoms. The summed E-state index contributed by atoms with van der Waals surface area (Å²) in [6.07, 6.45) is -3.09. The summed E-state index contributed by atoms with van der Waals surface area (Å²) < 4.78 is 38.0. The van der Waals surface area contributed by atoms with Crippen LogP contribution in [0.1, 0.15) is 5.56 Å². The van der Waals surface area contributed by atoms with Crippen LogP contribution in [0, 0.1) is 0 Å². The van der Waals surface area contributed by atoms with Crippen LogP contribution in [0.25, 0.3) is 0 Å². The number of carbonyl (C=O) groups is 1. The highest BCUT2D eigenvalue weighted by molar-refractivity contribution is 5.87. The number of nitrogens with zero attached hydrogens (tertiary/aromatic N) is 2. The first-order valence-electron chi connectivity index (χ1n) is 6.25. The third-order valence-electron chi connectivity index (χ3n) is 3.30. The number of amides is 1. The van der Waals surface area contributed by atoms with Gasteiger partial charge < -0.3 is 9.80 Å². The van der Waals surface area contributed by atoms with Gasteiger partial charge in [-0.25, -0.2) is 0 Å². The lowest BCUT2D eigenvalue weighted by atomic mass is 10.1. The van der Waals surface area contributed by atoms with Crippen molar-refractivity contribution in [2.45, 2.75) is 6.18 Å². The summed E-state index contributed by atoms with van der Waals surface area (Å²) in [4.78, 5) is 14.9. The highest BCUT2D eigenvalue weighted by Gasteiger charge is 2.31. The fourth-order valence-corrected chi connectivity index (χ4v) is 2.19. The molecule has 20 heavy (non-hydrogen) atoms. The number of hydrogen-bond donors (Lipinski definition) is 0. The minimum atomic E-state index is -4.34. The van der Waals surface area contributed by atoms with Gasteiger partial charge in [0.2, 0.25) is 5.91 Å². The zero-order chi connectivity index (χ0) is 14.8. The molecule has 0 saturated carbocycles. The molecule has 0 bridgehead atoms. The molecule has 0 unspecified atom stereocenters. The Kier molecular flexibility index (Phi) is 4.01. The Labute approximate surface area is 115 Å². The lowest BCUT2D eigenvalue weighted by Crippen LogP contribution is -2.48. The third kappa shape index (κ3) is 3.12. The van der Waals surface area contributed by atoms with Crippen molar-refractivity contribution in [3.05, 3.63) is 42.5 Å². The summed E-state index contributed by atoms with van der Waals surface area (Å²) in [7, 11) is 0. The van der Waals surface area contributed by atoms with Gasteiger partial charge in [0, 0.05) is 31.9 Å². The first kappa shape index (κ1) is 14.4. The largest absolute Gasteiger partial charge is 0.416 e. The normalized spacial score (nSPS) is 16.1. The van der Waals surface area contributed by atoms with Gasteiger partial charge in [0.25, 0.3) is 0 Å². The molecule has 0 aliphatic carbocycles. The molecule has 1 amide bonds. The van der Waals surface area contributed by atoms with Crippen molar-refractivity contribution in [2.24, 2.45) is 0 Å². The molecule has 108 valence electrons. The molecule has 3 nitrogen and oxygen atoms in total. The second-order valence-electron chi connectivity index (χ2n) is 4.56.